The van der Waals surface area contributed by atoms with Crippen molar-refractivity contribution in [3.8, 4) is 5.69 Å². The molecule has 1 N–H and O–H groups in total. The Morgan fingerprint density at radius 1 is 1.07 bits per heavy atom. The van der Waals surface area contributed by atoms with E-state index in [1.165, 1.54) is 17.5 Å². The molecule has 2 aromatic carbocycles. The minimum atomic E-state index is 0.115. The Hall–Kier alpha value is -2.73. The second-order valence-corrected chi connectivity index (χ2v) is 7.77. The van der Waals surface area contributed by atoms with Crippen LogP contribution in [0.2, 0.25) is 0 Å². The lowest BCUT2D eigenvalue weighted by Gasteiger charge is -2.26. The molecule has 0 aliphatic carbocycles. The van der Waals surface area contributed by atoms with Gasteiger partial charge in [0.05, 0.1) is 12.3 Å². The van der Waals surface area contributed by atoms with E-state index in [9.17, 15) is 4.79 Å². The van der Waals surface area contributed by atoms with Gasteiger partial charge in [0.2, 0.25) is 5.95 Å². The smallest absolute Gasteiger partial charge is 0.210 e. The number of anilines is 2. The summed E-state index contributed by atoms with van der Waals surface area (Å²) in [6.07, 6.45) is 2.16. The van der Waals surface area contributed by atoms with E-state index in [1.54, 1.807) is 0 Å². The van der Waals surface area contributed by atoms with Gasteiger partial charge in [0.1, 0.15) is 5.69 Å². The predicted molar refractivity (Wildman–Crippen MR) is 116 cm³/mol. The zero-order valence-corrected chi connectivity index (χ0v) is 16.8. The number of nitrogens with zero attached hydrogens (tertiary/aromatic N) is 3. The molecule has 0 spiro atoms. The van der Waals surface area contributed by atoms with E-state index in [4.69, 9.17) is 4.98 Å². The van der Waals surface area contributed by atoms with Crippen LogP contribution in [0, 0.1) is 0 Å². The average Bonchev–Trinajstić information content (AvgIpc) is 3.12. The Morgan fingerprint density at radius 3 is 2.50 bits per heavy atom. The largest absolute Gasteiger partial charge is 0.355 e. The summed E-state index contributed by atoms with van der Waals surface area (Å²) in [5.74, 6) is 2.02. The van der Waals surface area contributed by atoms with E-state index >= 15 is 0 Å². The third kappa shape index (κ3) is 3.78. The maximum atomic E-state index is 12.9. The summed E-state index contributed by atoms with van der Waals surface area (Å²) in [6, 6.07) is 20.3. The van der Waals surface area contributed by atoms with Crippen LogP contribution in [0.15, 0.2) is 60.7 Å². The monoisotopic (exact) mass is 392 g/mol. The first-order valence-corrected chi connectivity index (χ1v) is 10.6. The number of unbranched alkanes of at least 4 members (excludes halogenated alkanes) is 1. The van der Waals surface area contributed by atoms with Gasteiger partial charge in [-0.1, -0.05) is 61.9 Å². The Bertz CT molecular complexity index is 940. The fourth-order valence-corrected chi connectivity index (χ4v) is 4.19. The molecule has 1 aliphatic rings. The highest BCUT2D eigenvalue weighted by atomic mass is 32.2. The van der Waals surface area contributed by atoms with Crippen molar-refractivity contribution in [2.45, 2.75) is 26.3 Å². The Kier molecular flexibility index (Phi) is 5.67. The Balaban J connectivity index is 1.76. The van der Waals surface area contributed by atoms with Crippen LogP contribution in [-0.2, 0) is 6.54 Å². The van der Waals surface area contributed by atoms with Crippen molar-refractivity contribution in [3.05, 3.63) is 71.9 Å². The minimum absolute atomic E-state index is 0.115. The van der Waals surface area contributed by atoms with Crippen molar-refractivity contribution < 1.29 is 4.79 Å². The van der Waals surface area contributed by atoms with Gasteiger partial charge in [0.15, 0.2) is 11.6 Å². The molecule has 0 saturated carbocycles. The first kappa shape index (κ1) is 18.6. The average molecular weight is 393 g/mol. The number of hydrogen-bond donors (Lipinski definition) is 1. The first-order valence-electron chi connectivity index (χ1n) is 9.67. The summed E-state index contributed by atoms with van der Waals surface area (Å²) in [7, 11) is 0. The number of aromatic nitrogens is 2. The molecule has 1 aromatic heterocycles. The van der Waals surface area contributed by atoms with Gasteiger partial charge in [-0.05, 0) is 36.1 Å². The van der Waals surface area contributed by atoms with Gasteiger partial charge < -0.3 is 5.32 Å². The quantitative estimate of drug-likeness (QED) is 0.456. The molecule has 0 bridgehead atoms. The number of fused-ring (bicyclic) bond motifs is 1. The molecule has 5 nitrogen and oxygen atoms in total. The van der Waals surface area contributed by atoms with Crippen LogP contribution in [0.3, 0.4) is 0 Å². The zero-order valence-electron chi connectivity index (χ0n) is 16.0. The number of para-hydroxylation sites is 1. The molecule has 0 atom stereocenters. The molecule has 4 rings (SSSR count). The van der Waals surface area contributed by atoms with Gasteiger partial charge in [-0.15, -0.1) is 0 Å². The van der Waals surface area contributed by atoms with E-state index in [-0.39, 0.29) is 5.78 Å². The lowest BCUT2D eigenvalue weighted by atomic mass is 10.2. The van der Waals surface area contributed by atoms with E-state index in [0.717, 1.165) is 36.8 Å². The number of nitrogens with one attached hydrogen (secondary N) is 1. The summed E-state index contributed by atoms with van der Waals surface area (Å²) in [4.78, 5) is 17.7. The minimum Gasteiger partial charge on any atom is -0.355 e. The Labute approximate surface area is 169 Å². The summed E-state index contributed by atoms with van der Waals surface area (Å²) in [6.45, 7) is 3.71. The molecule has 0 saturated heterocycles. The molecular weight excluding hydrogens is 368 g/mol. The standard InChI is InChI=1S/C22H24N4OS/c1-2-3-14-23-22-24-21-20(26(22)18-12-8-5-9-13-18)19(27)16-28-25(21)15-17-10-6-4-7-11-17/h4-13H,2-3,14-16H2,1H3,(H,23,24). The number of Topliss-reactive ketones (excluding diaryl/α,β-unsaturated/α-hetero) is 1. The molecule has 1 aliphatic heterocycles. The van der Waals surface area contributed by atoms with Crippen molar-refractivity contribution in [1.29, 1.82) is 0 Å². The number of benzene rings is 2. The molecule has 0 unspecified atom stereocenters. The maximum absolute atomic E-state index is 12.9. The van der Waals surface area contributed by atoms with Crippen LogP contribution in [0.1, 0.15) is 35.8 Å². The van der Waals surface area contributed by atoms with Crippen molar-refractivity contribution in [3.63, 3.8) is 0 Å². The van der Waals surface area contributed by atoms with Crippen LogP contribution < -0.4 is 9.62 Å². The summed E-state index contributed by atoms with van der Waals surface area (Å²) in [5.41, 5.74) is 2.82. The molecule has 0 amide bonds. The van der Waals surface area contributed by atoms with Crippen LogP contribution in [0.4, 0.5) is 11.8 Å². The van der Waals surface area contributed by atoms with E-state index in [2.05, 4.69) is 28.7 Å². The van der Waals surface area contributed by atoms with Crippen LogP contribution in [0.5, 0.6) is 0 Å². The lowest BCUT2D eigenvalue weighted by molar-refractivity contribution is 0.101. The second kappa shape index (κ2) is 8.52. The number of imidazole rings is 1. The van der Waals surface area contributed by atoms with Gasteiger partial charge >= 0.3 is 0 Å². The molecule has 0 radical (unpaired) electrons. The molecular formula is C22H24N4OS. The third-order valence-electron chi connectivity index (χ3n) is 4.71. The van der Waals surface area contributed by atoms with Crippen molar-refractivity contribution in [2.24, 2.45) is 0 Å². The van der Waals surface area contributed by atoms with E-state index < -0.39 is 0 Å². The Morgan fingerprint density at radius 2 is 1.79 bits per heavy atom. The van der Waals surface area contributed by atoms with Gasteiger partial charge in [0.25, 0.3) is 0 Å². The second-order valence-electron chi connectivity index (χ2n) is 6.78. The van der Waals surface area contributed by atoms with Gasteiger partial charge in [-0.2, -0.15) is 4.98 Å². The maximum Gasteiger partial charge on any atom is 0.210 e. The number of hydrogen-bond acceptors (Lipinski definition) is 5. The number of ketones is 1. The lowest BCUT2D eigenvalue weighted by Crippen LogP contribution is -2.26. The summed E-state index contributed by atoms with van der Waals surface area (Å²) < 4.78 is 4.11. The number of carbonyl (C=O) groups excluding carboxylic acids is 1. The summed E-state index contributed by atoms with van der Waals surface area (Å²) >= 11 is 1.53. The predicted octanol–water partition coefficient (Wildman–Crippen LogP) is 4.94. The number of rotatable bonds is 7. The molecule has 0 fully saturated rings. The zero-order chi connectivity index (χ0) is 19.3. The normalized spacial score (nSPS) is 13.5. The SMILES string of the molecule is CCCCNc1nc2c(n1-c1ccccc1)C(=O)CSN2Cc1ccccc1. The summed E-state index contributed by atoms with van der Waals surface area (Å²) in [5, 5.41) is 3.44. The van der Waals surface area contributed by atoms with Crippen molar-refractivity contribution >= 4 is 29.5 Å². The van der Waals surface area contributed by atoms with Crippen molar-refractivity contribution in [2.75, 3.05) is 21.9 Å². The van der Waals surface area contributed by atoms with Crippen molar-refractivity contribution in [1.82, 2.24) is 9.55 Å². The molecule has 3 aromatic rings. The molecule has 6 heteroatoms. The van der Waals surface area contributed by atoms with Crippen LogP contribution in [0.25, 0.3) is 5.69 Å². The molecule has 2 heterocycles. The highest BCUT2D eigenvalue weighted by Gasteiger charge is 2.32. The van der Waals surface area contributed by atoms with Gasteiger partial charge in [-0.25, -0.2) is 0 Å². The van der Waals surface area contributed by atoms with E-state index in [1.807, 2.05) is 53.1 Å². The van der Waals surface area contributed by atoms with E-state index in [0.29, 0.717) is 18.0 Å². The number of carbonyl (C=O) groups is 1. The van der Waals surface area contributed by atoms with Crippen LogP contribution in [-0.4, -0.2) is 27.6 Å². The first-order chi connectivity index (χ1) is 13.8. The molecule has 28 heavy (non-hydrogen) atoms. The highest BCUT2D eigenvalue weighted by Crippen LogP contribution is 2.37. The highest BCUT2D eigenvalue weighted by molar-refractivity contribution is 8.01. The third-order valence-corrected chi connectivity index (χ3v) is 5.71. The fourth-order valence-electron chi connectivity index (χ4n) is 3.29. The topological polar surface area (TPSA) is 50.2 Å². The molecule has 144 valence electrons. The van der Waals surface area contributed by atoms with Gasteiger partial charge in [-0.3, -0.25) is 13.7 Å². The fraction of sp³-hybridized carbons (Fsp3) is 0.273. The van der Waals surface area contributed by atoms with Gasteiger partial charge in [0, 0.05) is 12.2 Å². The van der Waals surface area contributed by atoms with Crippen LogP contribution >= 0.6 is 11.9 Å².